The minimum Gasteiger partial charge on any atom is -0.328 e. The van der Waals surface area contributed by atoms with Gasteiger partial charge in [0.05, 0.1) is 0 Å². The number of hydrogen-bond acceptors (Lipinski definition) is 3. The van der Waals surface area contributed by atoms with Gasteiger partial charge in [0, 0.05) is 25.1 Å². The Labute approximate surface area is 107 Å². The van der Waals surface area contributed by atoms with Crippen LogP contribution in [0.15, 0.2) is 30.7 Å². The van der Waals surface area contributed by atoms with Crippen LogP contribution in [0, 0.1) is 0 Å². The molecule has 2 heterocycles. The first-order valence-corrected chi connectivity index (χ1v) is 6.27. The monoisotopic (exact) mass is 243 g/mol. The van der Waals surface area contributed by atoms with Gasteiger partial charge in [-0.1, -0.05) is 19.9 Å². The summed E-state index contributed by atoms with van der Waals surface area (Å²) >= 11 is 0. The predicted octanol–water partition coefficient (Wildman–Crippen LogP) is 2.48. The third kappa shape index (κ3) is 2.32. The first-order chi connectivity index (χ1) is 8.77. The van der Waals surface area contributed by atoms with E-state index in [0.717, 1.165) is 24.9 Å². The summed E-state index contributed by atoms with van der Waals surface area (Å²) in [6.45, 7) is 4.90. The fraction of sp³-hybridized carbons (Fsp3) is 0.357. The van der Waals surface area contributed by atoms with E-state index in [-0.39, 0.29) is 5.78 Å². The van der Waals surface area contributed by atoms with E-state index in [4.69, 9.17) is 0 Å². The van der Waals surface area contributed by atoms with Crippen LogP contribution in [0.2, 0.25) is 0 Å². The normalized spacial score (nSPS) is 10.6. The van der Waals surface area contributed by atoms with Gasteiger partial charge in [-0.15, -0.1) is 0 Å². The highest BCUT2D eigenvalue weighted by atomic mass is 16.1. The van der Waals surface area contributed by atoms with Gasteiger partial charge >= 0.3 is 0 Å². The Bertz CT molecular complexity index is 545. The van der Waals surface area contributed by atoms with Crippen LogP contribution in [0.4, 0.5) is 0 Å². The van der Waals surface area contributed by atoms with Crippen molar-refractivity contribution in [3.63, 3.8) is 0 Å². The van der Waals surface area contributed by atoms with Crippen molar-refractivity contribution < 1.29 is 4.79 Å². The summed E-state index contributed by atoms with van der Waals surface area (Å²) in [4.78, 5) is 20.8. The van der Waals surface area contributed by atoms with Crippen LogP contribution >= 0.6 is 0 Å². The molecule has 0 N–H and O–H groups in total. The Morgan fingerprint density at radius 2 is 2.11 bits per heavy atom. The fourth-order valence-electron chi connectivity index (χ4n) is 1.97. The molecule has 4 nitrogen and oxygen atoms in total. The number of pyridine rings is 1. The van der Waals surface area contributed by atoms with E-state index in [1.807, 2.05) is 29.8 Å². The number of carbonyl (C=O) groups is 1. The average molecular weight is 243 g/mol. The first kappa shape index (κ1) is 12.5. The number of aromatic nitrogens is 3. The van der Waals surface area contributed by atoms with Gasteiger partial charge < -0.3 is 4.57 Å². The largest absolute Gasteiger partial charge is 0.328 e. The van der Waals surface area contributed by atoms with Gasteiger partial charge in [0.25, 0.3) is 0 Å². The lowest BCUT2D eigenvalue weighted by Crippen LogP contribution is -2.14. The van der Waals surface area contributed by atoms with Crippen molar-refractivity contribution in [2.45, 2.75) is 33.2 Å². The highest BCUT2D eigenvalue weighted by Crippen LogP contribution is 2.12. The molecule has 0 aliphatic carbocycles. The molecule has 0 radical (unpaired) electrons. The highest BCUT2D eigenvalue weighted by Gasteiger charge is 2.18. The average Bonchev–Trinajstić information content (AvgIpc) is 2.86. The standard InChI is InChI=1S/C14H17N3O/c1-3-9-17-10-8-16-14(17)13(18)12-11(4-2)6-5-7-15-12/h5-8,10H,3-4,9H2,1-2H3. The molecule has 0 spiro atoms. The summed E-state index contributed by atoms with van der Waals surface area (Å²) < 4.78 is 1.89. The summed E-state index contributed by atoms with van der Waals surface area (Å²) in [5.41, 5.74) is 1.48. The van der Waals surface area contributed by atoms with Crippen LogP contribution in [-0.2, 0) is 13.0 Å². The minimum atomic E-state index is -0.0918. The zero-order chi connectivity index (χ0) is 13.0. The molecule has 0 aromatic carbocycles. The van der Waals surface area contributed by atoms with E-state index in [9.17, 15) is 4.79 Å². The maximum atomic E-state index is 12.4. The molecule has 2 aromatic heterocycles. The smallest absolute Gasteiger partial charge is 0.247 e. The summed E-state index contributed by atoms with van der Waals surface area (Å²) in [6, 6.07) is 3.79. The van der Waals surface area contributed by atoms with Gasteiger partial charge in [-0.25, -0.2) is 4.98 Å². The number of aryl methyl sites for hydroxylation is 2. The molecule has 0 unspecified atom stereocenters. The molecule has 0 atom stereocenters. The third-order valence-electron chi connectivity index (χ3n) is 2.87. The molecular formula is C14H17N3O. The highest BCUT2D eigenvalue weighted by molar-refractivity contribution is 6.06. The zero-order valence-electron chi connectivity index (χ0n) is 10.8. The molecule has 4 heteroatoms. The SMILES string of the molecule is CCCn1ccnc1C(=O)c1ncccc1CC. The number of hydrogen-bond donors (Lipinski definition) is 0. The van der Waals surface area contributed by atoms with Crippen molar-refractivity contribution in [1.29, 1.82) is 0 Å². The molecule has 0 fully saturated rings. The van der Waals surface area contributed by atoms with Gasteiger partial charge in [0.15, 0.2) is 5.82 Å². The lowest BCUT2D eigenvalue weighted by Gasteiger charge is -2.07. The van der Waals surface area contributed by atoms with E-state index in [2.05, 4.69) is 16.9 Å². The lowest BCUT2D eigenvalue weighted by molar-refractivity contribution is 0.102. The van der Waals surface area contributed by atoms with Crippen molar-refractivity contribution in [3.05, 3.63) is 47.8 Å². The zero-order valence-corrected chi connectivity index (χ0v) is 10.8. The van der Waals surface area contributed by atoms with Crippen molar-refractivity contribution in [1.82, 2.24) is 14.5 Å². The Balaban J connectivity index is 2.38. The number of nitrogens with zero attached hydrogens (tertiary/aromatic N) is 3. The van der Waals surface area contributed by atoms with Crippen LogP contribution in [-0.4, -0.2) is 20.3 Å². The van der Waals surface area contributed by atoms with E-state index in [1.54, 1.807) is 12.4 Å². The molecule has 0 bridgehead atoms. The van der Waals surface area contributed by atoms with Crippen molar-refractivity contribution in [2.75, 3.05) is 0 Å². The maximum Gasteiger partial charge on any atom is 0.247 e. The van der Waals surface area contributed by atoms with Crippen LogP contribution in [0.5, 0.6) is 0 Å². The molecule has 0 saturated carbocycles. The van der Waals surface area contributed by atoms with Gasteiger partial charge in [-0.05, 0) is 24.5 Å². The van der Waals surface area contributed by atoms with E-state index >= 15 is 0 Å². The second-order valence-electron chi connectivity index (χ2n) is 4.14. The molecule has 94 valence electrons. The maximum absolute atomic E-state index is 12.4. The van der Waals surface area contributed by atoms with Crippen LogP contribution < -0.4 is 0 Å². The first-order valence-electron chi connectivity index (χ1n) is 6.27. The summed E-state index contributed by atoms with van der Waals surface area (Å²) in [6.07, 6.45) is 6.92. The Morgan fingerprint density at radius 3 is 2.83 bits per heavy atom. The second-order valence-corrected chi connectivity index (χ2v) is 4.14. The molecule has 18 heavy (non-hydrogen) atoms. The number of ketones is 1. The number of carbonyl (C=O) groups excluding carboxylic acids is 1. The topological polar surface area (TPSA) is 47.8 Å². The van der Waals surface area contributed by atoms with Crippen molar-refractivity contribution >= 4 is 5.78 Å². The molecule has 0 aliphatic heterocycles. The quantitative estimate of drug-likeness (QED) is 0.758. The van der Waals surface area contributed by atoms with Gasteiger partial charge in [-0.3, -0.25) is 9.78 Å². The van der Waals surface area contributed by atoms with Crippen molar-refractivity contribution in [2.24, 2.45) is 0 Å². The molecule has 0 saturated heterocycles. The van der Waals surface area contributed by atoms with Gasteiger partial charge in [0.2, 0.25) is 5.78 Å². The van der Waals surface area contributed by atoms with Crippen LogP contribution in [0.25, 0.3) is 0 Å². The molecule has 2 aromatic rings. The molecule has 0 aliphatic rings. The van der Waals surface area contributed by atoms with Crippen LogP contribution in [0.1, 0.15) is 42.1 Å². The lowest BCUT2D eigenvalue weighted by atomic mass is 10.1. The summed E-state index contributed by atoms with van der Waals surface area (Å²) in [5.74, 6) is 0.385. The Kier molecular flexibility index (Phi) is 3.87. The Hall–Kier alpha value is -1.97. The predicted molar refractivity (Wildman–Crippen MR) is 69.6 cm³/mol. The third-order valence-corrected chi connectivity index (χ3v) is 2.87. The fourth-order valence-corrected chi connectivity index (χ4v) is 1.97. The number of rotatable bonds is 5. The molecular weight excluding hydrogens is 226 g/mol. The molecule has 2 rings (SSSR count). The number of imidazole rings is 1. The molecule has 0 amide bonds. The summed E-state index contributed by atoms with van der Waals surface area (Å²) in [7, 11) is 0. The minimum absolute atomic E-state index is 0.0918. The van der Waals surface area contributed by atoms with Crippen LogP contribution in [0.3, 0.4) is 0 Å². The summed E-state index contributed by atoms with van der Waals surface area (Å²) in [5, 5.41) is 0. The van der Waals surface area contributed by atoms with E-state index in [1.165, 1.54) is 0 Å². The van der Waals surface area contributed by atoms with E-state index < -0.39 is 0 Å². The van der Waals surface area contributed by atoms with Crippen molar-refractivity contribution in [3.8, 4) is 0 Å². The van der Waals surface area contributed by atoms with Gasteiger partial charge in [0.1, 0.15) is 5.69 Å². The Morgan fingerprint density at radius 1 is 1.28 bits per heavy atom. The van der Waals surface area contributed by atoms with E-state index in [0.29, 0.717) is 11.5 Å². The van der Waals surface area contributed by atoms with Gasteiger partial charge in [-0.2, -0.15) is 0 Å². The second kappa shape index (κ2) is 5.58.